The summed E-state index contributed by atoms with van der Waals surface area (Å²) in [4.78, 5) is 14.9. The van der Waals surface area contributed by atoms with Crippen molar-refractivity contribution in [2.45, 2.75) is 57.9 Å². The molecule has 3 rings (SSSR count). The minimum absolute atomic E-state index is 0.0929. The maximum absolute atomic E-state index is 12.8. The number of fused-ring (bicyclic) bond motifs is 1. The van der Waals surface area contributed by atoms with Gasteiger partial charge in [0.15, 0.2) is 0 Å². The van der Waals surface area contributed by atoms with E-state index in [0.717, 1.165) is 18.5 Å². The first kappa shape index (κ1) is 16.8. The number of carbonyl (C=O) groups is 1. The van der Waals surface area contributed by atoms with Crippen LogP contribution >= 0.6 is 0 Å². The third kappa shape index (κ3) is 2.64. The van der Waals surface area contributed by atoms with Gasteiger partial charge in [-0.1, -0.05) is 62.4 Å². The molecule has 2 aromatic rings. The topological polar surface area (TPSA) is 20.3 Å². The van der Waals surface area contributed by atoms with Crippen molar-refractivity contribution in [1.29, 1.82) is 0 Å². The van der Waals surface area contributed by atoms with Gasteiger partial charge in [-0.05, 0) is 43.9 Å². The Morgan fingerprint density at radius 1 is 1.00 bits per heavy atom. The molecule has 0 aromatic heterocycles. The summed E-state index contributed by atoms with van der Waals surface area (Å²) in [5, 5.41) is 0. The van der Waals surface area contributed by atoms with E-state index in [-0.39, 0.29) is 16.9 Å². The number of rotatable bonds is 3. The molecule has 0 saturated carbocycles. The molecule has 0 radical (unpaired) electrons. The second-order valence-corrected chi connectivity index (χ2v) is 7.68. The lowest BCUT2D eigenvalue weighted by atomic mass is 9.65. The van der Waals surface area contributed by atoms with E-state index in [9.17, 15) is 4.79 Å². The quantitative estimate of drug-likeness (QED) is 0.750. The van der Waals surface area contributed by atoms with Crippen molar-refractivity contribution in [3.05, 3.63) is 65.7 Å². The third-order valence-electron chi connectivity index (χ3n) is 5.26. The van der Waals surface area contributed by atoms with Crippen LogP contribution in [0, 0.1) is 0 Å². The Kier molecular flexibility index (Phi) is 4.25. The van der Waals surface area contributed by atoms with Crippen LogP contribution in [0.25, 0.3) is 0 Å². The van der Waals surface area contributed by atoms with E-state index in [1.807, 2.05) is 11.0 Å². The van der Waals surface area contributed by atoms with Crippen LogP contribution in [0.1, 0.15) is 58.1 Å². The fraction of sp³-hybridized carbons (Fsp3) is 0.409. The highest BCUT2D eigenvalue weighted by Gasteiger charge is 2.47. The summed E-state index contributed by atoms with van der Waals surface area (Å²) in [6.07, 6.45) is 2.39. The first-order chi connectivity index (χ1) is 11.4. The fourth-order valence-corrected chi connectivity index (χ4v) is 4.36. The van der Waals surface area contributed by atoms with Gasteiger partial charge in [0.2, 0.25) is 5.91 Å². The van der Waals surface area contributed by atoms with Crippen LogP contribution in [-0.2, 0) is 10.2 Å². The first-order valence-corrected chi connectivity index (χ1v) is 8.88. The Morgan fingerprint density at radius 2 is 1.62 bits per heavy atom. The number of nitrogens with zero attached hydrogens (tertiary/aromatic N) is 1. The van der Waals surface area contributed by atoms with Crippen molar-refractivity contribution in [1.82, 2.24) is 0 Å². The lowest BCUT2D eigenvalue weighted by Gasteiger charge is -2.51. The van der Waals surface area contributed by atoms with Gasteiger partial charge in [0.05, 0.1) is 0 Å². The smallest absolute Gasteiger partial charge is 0.227 e. The summed E-state index contributed by atoms with van der Waals surface area (Å²) in [5.41, 5.74) is 3.32. The molecule has 1 heterocycles. The van der Waals surface area contributed by atoms with Crippen molar-refractivity contribution in [2.24, 2.45) is 0 Å². The second-order valence-electron chi connectivity index (χ2n) is 7.68. The number of hydrogen-bond acceptors (Lipinski definition) is 1. The van der Waals surface area contributed by atoms with E-state index in [2.05, 4.69) is 76.2 Å². The molecular formula is C22H27NO. The van der Waals surface area contributed by atoms with Gasteiger partial charge in [-0.2, -0.15) is 0 Å². The van der Waals surface area contributed by atoms with Crippen molar-refractivity contribution in [3.8, 4) is 0 Å². The second kappa shape index (κ2) is 6.08. The molecule has 0 bridgehead atoms. The minimum Gasteiger partial charge on any atom is -0.307 e. The normalized spacial score (nSPS) is 22.1. The average molecular weight is 321 g/mol. The number of hydrogen-bond donors (Lipinski definition) is 0. The van der Waals surface area contributed by atoms with E-state index >= 15 is 0 Å². The maximum atomic E-state index is 12.8. The van der Waals surface area contributed by atoms with E-state index in [4.69, 9.17) is 0 Å². The Labute approximate surface area is 145 Å². The van der Waals surface area contributed by atoms with Crippen LogP contribution in [0.15, 0.2) is 54.6 Å². The Bertz CT molecular complexity index is 735. The molecule has 1 aliphatic heterocycles. The molecule has 2 heteroatoms. The molecule has 0 aliphatic carbocycles. The SMILES string of the molecule is CCCC(=O)N1c2ccccc2[C@@](C)(c2ccccc2)CC1(C)C. The predicted octanol–water partition coefficient (Wildman–Crippen LogP) is 5.31. The molecule has 2 aromatic carbocycles. The molecule has 126 valence electrons. The molecular weight excluding hydrogens is 294 g/mol. The molecule has 1 amide bonds. The highest BCUT2D eigenvalue weighted by Crippen LogP contribution is 2.50. The number of anilines is 1. The van der Waals surface area contributed by atoms with Gasteiger partial charge in [0.1, 0.15) is 0 Å². The van der Waals surface area contributed by atoms with Gasteiger partial charge < -0.3 is 4.90 Å². The minimum atomic E-state index is -0.217. The van der Waals surface area contributed by atoms with E-state index in [1.54, 1.807) is 0 Å². The summed E-state index contributed by atoms with van der Waals surface area (Å²) < 4.78 is 0. The zero-order valence-electron chi connectivity index (χ0n) is 15.2. The highest BCUT2D eigenvalue weighted by molar-refractivity contribution is 5.96. The molecule has 0 spiro atoms. The molecule has 1 atom stereocenters. The van der Waals surface area contributed by atoms with Crippen LogP contribution in [0.2, 0.25) is 0 Å². The van der Waals surface area contributed by atoms with Gasteiger partial charge in [0, 0.05) is 23.1 Å². The zero-order chi connectivity index (χ0) is 17.4. The number of benzene rings is 2. The Hall–Kier alpha value is -2.09. The van der Waals surface area contributed by atoms with Crippen molar-refractivity contribution in [2.75, 3.05) is 4.90 Å². The van der Waals surface area contributed by atoms with Crippen molar-refractivity contribution < 1.29 is 4.79 Å². The van der Waals surface area contributed by atoms with Gasteiger partial charge in [-0.15, -0.1) is 0 Å². The molecule has 0 N–H and O–H groups in total. The third-order valence-corrected chi connectivity index (χ3v) is 5.26. The largest absolute Gasteiger partial charge is 0.307 e. The van der Waals surface area contributed by atoms with Crippen molar-refractivity contribution >= 4 is 11.6 Å². The fourth-order valence-electron chi connectivity index (χ4n) is 4.36. The van der Waals surface area contributed by atoms with Gasteiger partial charge >= 0.3 is 0 Å². The Balaban J connectivity index is 2.19. The number of para-hydroxylation sites is 1. The molecule has 0 fully saturated rings. The summed E-state index contributed by atoms with van der Waals surface area (Å²) in [7, 11) is 0. The van der Waals surface area contributed by atoms with Crippen LogP contribution in [0.5, 0.6) is 0 Å². The molecule has 0 unspecified atom stereocenters. The van der Waals surface area contributed by atoms with Crippen LogP contribution in [0.4, 0.5) is 5.69 Å². The van der Waals surface area contributed by atoms with E-state index in [1.165, 1.54) is 11.1 Å². The zero-order valence-corrected chi connectivity index (χ0v) is 15.2. The summed E-state index contributed by atoms with van der Waals surface area (Å²) in [5.74, 6) is 0.227. The lowest BCUT2D eigenvalue weighted by molar-refractivity contribution is -0.120. The Morgan fingerprint density at radius 3 is 2.29 bits per heavy atom. The van der Waals surface area contributed by atoms with Crippen LogP contribution in [0.3, 0.4) is 0 Å². The molecule has 0 saturated heterocycles. The monoisotopic (exact) mass is 321 g/mol. The summed E-state index contributed by atoms with van der Waals surface area (Å²) in [6.45, 7) is 8.76. The van der Waals surface area contributed by atoms with Crippen LogP contribution in [-0.4, -0.2) is 11.4 Å². The average Bonchev–Trinajstić information content (AvgIpc) is 2.55. The highest BCUT2D eigenvalue weighted by atomic mass is 16.2. The predicted molar refractivity (Wildman–Crippen MR) is 100 cm³/mol. The van der Waals surface area contributed by atoms with Crippen LogP contribution < -0.4 is 4.90 Å². The maximum Gasteiger partial charge on any atom is 0.227 e. The first-order valence-electron chi connectivity index (χ1n) is 8.88. The van der Waals surface area contributed by atoms with E-state index < -0.39 is 0 Å². The van der Waals surface area contributed by atoms with E-state index in [0.29, 0.717) is 6.42 Å². The van der Waals surface area contributed by atoms with Crippen molar-refractivity contribution in [3.63, 3.8) is 0 Å². The molecule has 24 heavy (non-hydrogen) atoms. The standard InChI is InChI=1S/C22H27NO/c1-5-11-20(24)23-19-15-10-9-14-18(19)22(4,16-21(23,2)3)17-12-7-6-8-13-17/h6-10,12-15H,5,11,16H2,1-4H3/t22-/m1/s1. The lowest BCUT2D eigenvalue weighted by Crippen LogP contribution is -2.55. The summed E-state index contributed by atoms with van der Waals surface area (Å²) in [6, 6.07) is 19.1. The van der Waals surface area contributed by atoms with Gasteiger partial charge in [0.25, 0.3) is 0 Å². The summed E-state index contributed by atoms with van der Waals surface area (Å²) >= 11 is 0. The molecule has 2 nitrogen and oxygen atoms in total. The number of carbonyl (C=O) groups excluding carboxylic acids is 1. The molecule has 1 aliphatic rings. The van der Waals surface area contributed by atoms with Gasteiger partial charge in [-0.25, -0.2) is 0 Å². The van der Waals surface area contributed by atoms with Gasteiger partial charge in [-0.3, -0.25) is 4.79 Å². The number of amides is 1.